The molecule has 0 aromatic carbocycles. The van der Waals surface area contributed by atoms with Gasteiger partial charge in [0.15, 0.2) is 5.82 Å². The first-order valence-electron chi connectivity index (χ1n) is 6.64. The third-order valence-corrected chi connectivity index (χ3v) is 3.53. The summed E-state index contributed by atoms with van der Waals surface area (Å²) in [5.74, 6) is -0.536. The Morgan fingerprint density at radius 3 is 2.71 bits per heavy atom. The number of aryl methyl sites for hydroxylation is 1. The lowest BCUT2D eigenvalue weighted by atomic mass is 10.2. The van der Waals surface area contributed by atoms with E-state index >= 15 is 0 Å². The van der Waals surface area contributed by atoms with Gasteiger partial charge in [0, 0.05) is 17.1 Å². The number of fused-ring (bicyclic) bond motifs is 1. The summed E-state index contributed by atoms with van der Waals surface area (Å²) in [6, 6.07) is 5.99. The minimum absolute atomic E-state index is 0.00344. The Morgan fingerprint density at radius 2 is 2.00 bits per heavy atom. The van der Waals surface area contributed by atoms with E-state index in [-0.39, 0.29) is 17.0 Å². The Kier molecular flexibility index (Phi) is 3.37. The summed E-state index contributed by atoms with van der Waals surface area (Å²) in [5.41, 5.74) is 2.50. The van der Waals surface area contributed by atoms with E-state index in [2.05, 4.69) is 39.4 Å². The lowest BCUT2D eigenvalue weighted by Gasteiger charge is -2.12. The van der Waals surface area contributed by atoms with Crippen molar-refractivity contribution in [3.05, 3.63) is 41.2 Å². The molecule has 0 saturated carbocycles. The van der Waals surface area contributed by atoms with Gasteiger partial charge in [-0.2, -0.15) is 0 Å². The van der Waals surface area contributed by atoms with Gasteiger partial charge in [-0.25, -0.2) is 19.3 Å². The molecule has 3 aromatic rings. The van der Waals surface area contributed by atoms with Crippen molar-refractivity contribution in [1.29, 1.82) is 0 Å². The van der Waals surface area contributed by atoms with Crippen molar-refractivity contribution < 1.29 is 4.39 Å². The molecular weight excluding hydrogens is 291 g/mol. The fourth-order valence-electron chi connectivity index (χ4n) is 2.54. The zero-order valence-electron chi connectivity index (χ0n) is 11.9. The number of nitrogens with zero attached hydrogens (tertiary/aromatic N) is 4. The van der Waals surface area contributed by atoms with Gasteiger partial charge in [-0.1, -0.05) is 0 Å². The van der Waals surface area contributed by atoms with E-state index in [4.69, 9.17) is 11.6 Å². The average Bonchev–Trinajstić information content (AvgIpc) is 2.76. The monoisotopic (exact) mass is 304 g/mol. The molecule has 0 aliphatic heterocycles. The molecule has 0 N–H and O–H groups in total. The van der Waals surface area contributed by atoms with Gasteiger partial charge in [-0.15, -0.1) is 0 Å². The summed E-state index contributed by atoms with van der Waals surface area (Å²) in [4.78, 5) is 12.1. The van der Waals surface area contributed by atoms with Gasteiger partial charge in [0.1, 0.15) is 11.3 Å². The van der Waals surface area contributed by atoms with Gasteiger partial charge < -0.3 is 4.57 Å². The van der Waals surface area contributed by atoms with Gasteiger partial charge >= 0.3 is 0 Å². The van der Waals surface area contributed by atoms with Crippen molar-refractivity contribution in [3.8, 4) is 11.4 Å². The fraction of sp³-hybridized carbons (Fsp3) is 0.267. The first kappa shape index (κ1) is 13.9. The van der Waals surface area contributed by atoms with Gasteiger partial charge in [0.2, 0.25) is 5.28 Å². The maximum atomic E-state index is 13.9. The van der Waals surface area contributed by atoms with Crippen molar-refractivity contribution in [2.24, 2.45) is 0 Å². The van der Waals surface area contributed by atoms with Gasteiger partial charge in [-0.05, 0) is 50.6 Å². The van der Waals surface area contributed by atoms with Crippen molar-refractivity contribution in [2.75, 3.05) is 0 Å². The lowest BCUT2D eigenvalue weighted by molar-refractivity contribution is 0.602. The Bertz CT molecular complexity index is 826. The number of halogens is 2. The molecule has 0 spiro atoms. The predicted molar refractivity (Wildman–Crippen MR) is 80.8 cm³/mol. The molecular formula is C15H14ClFN4. The molecule has 3 aromatic heterocycles. The van der Waals surface area contributed by atoms with Crippen LogP contribution in [0.25, 0.3) is 22.4 Å². The van der Waals surface area contributed by atoms with Crippen molar-refractivity contribution in [1.82, 2.24) is 19.5 Å². The average molecular weight is 305 g/mol. The van der Waals surface area contributed by atoms with Crippen molar-refractivity contribution in [2.45, 2.75) is 26.8 Å². The molecule has 0 amide bonds. The molecule has 3 heterocycles. The molecule has 6 heteroatoms. The Balaban J connectivity index is 2.25. The summed E-state index contributed by atoms with van der Waals surface area (Å²) in [6.07, 6.45) is 1.06. The Hall–Kier alpha value is -2.01. The largest absolute Gasteiger partial charge is 0.327 e. The van der Waals surface area contributed by atoms with Crippen LogP contribution in [0, 0.1) is 12.7 Å². The summed E-state index contributed by atoms with van der Waals surface area (Å²) >= 11 is 5.75. The second kappa shape index (κ2) is 5.07. The highest BCUT2D eigenvalue weighted by Gasteiger charge is 2.14. The van der Waals surface area contributed by atoms with Crippen molar-refractivity contribution >= 4 is 22.6 Å². The van der Waals surface area contributed by atoms with E-state index in [1.807, 2.05) is 13.0 Å². The predicted octanol–water partition coefficient (Wildman–Crippen LogP) is 4.18. The van der Waals surface area contributed by atoms with Crippen LogP contribution in [-0.4, -0.2) is 19.5 Å². The summed E-state index contributed by atoms with van der Waals surface area (Å²) in [7, 11) is 0. The standard InChI is InChI=1S/C15H14ClFN4/c1-8(2)21-9(3)6-10-4-5-12(19-14(10)21)13-11(17)7-18-15(16)20-13/h4-8H,1-3H3. The molecule has 0 radical (unpaired) electrons. The van der Waals surface area contributed by atoms with Crippen LogP contribution in [0.5, 0.6) is 0 Å². The van der Waals surface area contributed by atoms with Crippen LogP contribution in [0.3, 0.4) is 0 Å². The first-order valence-corrected chi connectivity index (χ1v) is 7.02. The molecule has 0 atom stereocenters. The Labute approximate surface area is 126 Å². The molecule has 0 bridgehead atoms. The summed E-state index contributed by atoms with van der Waals surface area (Å²) in [5, 5.41) is 1.02. The quantitative estimate of drug-likeness (QED) is 0.667. The second-order valence-electron chi connectivity index (χ2n) is 5.19. The maximum absolute atomic E-state index is 13.9. The molecule has 0 unspecified atom stereocenters. The second-order valence-corrected chi connectivity index (χ2v) is 5.53. The highest BCUT2D eigenvalue weighted by atomic mass is 35.5. The van der Waals surface area contributed by atoms with Crippen LogP contribution in [0.2, 0.25) is 5.28 Å². The van der Waals surface area contributed by atoms with Crippen LogP contribution < -0.4 is 0 Å². The SMILES string of the molecule is Cc1cc2ccc(-c3nc(Cl)ncc3F)nc2n1C(C)C. The number of hydrogen-bond donors (Lipinski definition) is 0. The fourth-order valence-corrected chi connectivity index (χ4v) is 2.67. The topological polar surface area (TPSA) is 43.6 Å². The zero-order valence-corrected chi connectivity index (χ0v) is 12.7. The van der Waals surface area contributed by atoms with Crippen LogP contribution in [0.1, 0.15) is 25.6 Å². The number of rotatable bonds is 2. The van der Waals surface area contributed by atoms with E-state index < -0.39 is 5.82 Å². The van der Waals surface area contributed by atoms with Gasteiger partial charge in [0.25, 0.3) is 0 Å². The Morgan fingerprint density at radius 1 is 1.24 bits per heavy atom. The zero-order chi connectivity index (χ0) is 15.1. The van der Waals surface area contributed by atoms with E-state index in [1.54, 1.807) is 6.07 Å². The molecule has 0 fully saturated rings. The molecule has 4 nitrogen and oxygen atoms in total. The van der Waals surface area contributed by atoms with Gasteiger partial charge in [0.05, 0.1) is 11.9 Å². The molecule has 0 aliphatic rings. The summed E-state index contributed by atoms with van der Waals surface area (Å²) < 4.78 is 16.0. The normalized spacial score (nSPS) is 11.5. The first-order chi connectivity index (χ1) is 9.97. The van der Waals surface area contributed by atoms with Crippen LogP contribution in [0.15, 0.2) is 24.4 Å². The van der Waals surface area contributed by atoms with E-state index in [0.29, 0.717) is 5.69 Å². The number of hydrogen-bond acceptors (Lipinski definition) is 3. The third kappa shape index (κ3) is 2.38. The molecule has 21 heavy (non-hydrogen) atoms. The van der Waals surface area contributed by atoms with E-state index in [1.165, 1.54) is 0 Å². The maximum Gasteiger partial charge on any atom is 0.223 e. The minimum atomic E-state index is -0.536. The minimum Gasteiger partial charge on any atom is -0.327 e. The highest BCUT2D eigenvalue weighted by Crippen LogP contribution is 2.26. The van der Waals surface area contributed by atoms with Crippen molar-refractivity contribution in [3.63, 3.8) is 0 Å². The van der Waals surface area contributed by atoms with Crippen LogP contribution in [-0.2, 0) is 0 Å². The van der Waals surface area contributed by atoms with Crippen LogP contribution >= 0.6 is 11.6 Å². The third-order valence-electron chi connectivity index (χ3n) is 3.35. The molecule has 108 valence electrons. The van der Waals surface area contributed by atoms with Crippen LogP contribution in [0.4, 0.5) is 4.39 Å². The van der Waals surface area contributed by atoms with Gasteiger partial charge in [-0.3, -0.25) is 0 Å². The molecule has 0 saturated heterocycles. The summed E-state index contributed by atoms with van der Waals surface area (Å²) in [6.45, 7) is 6.20. The van der Waals surface area contributed by atoms with E-state index in [9.17, 15) is 4.39 Å². The lowest BCUT2D eigenvalue weighted by Crippen LogP contribution is -2.04. The highest BCUT2D eigenvalue weighted by molar-refractivity contribution is 6.28. The number of pyridine rings is 1. The smallest absolute Gasteiger partial charge is 0.223 e. The van der Waals surface area contributed by atoms with E-state index in [0.717, 1.165) is 22.9 Å². The molecule has 0 aliphatic carbocycles. The number of aromatic nitrogens is 4. The molecule has 3 rings (SSSR count).